The second-order valence-corrected chi connectivity index (χ2v) is 7.90. The number of nitrogens with two attached hydrogens (primary N) is 1. The summed E-state index contributed by atoms with van der Waals surface area (Å²) in [5.74, 6) is 1.02. The number of carbonyl (C=O) groups excluding carboxylic acids is 1. The van der Waals surface area contributed by atoms with Crippen molar-refractivity contribution in [2.45, 2.75) is 12.2 Å². The molecule has 1 aromatic heterocycles. The van der Waals surface area contributed by atoms with Gasteiger partial charge in [-0.1, -0.05) is 24.6 Å². The van der Waals surface area contributed by atoms with Crippen molar-refractivity contribution in [3.63, 3.8) is 0 Å². The molecule has 1 unspecified atom stereocenters. The minimum atomic E-state index is 0.0342. The van der Waals surface area contributed by atoms with Gasteiger partial charge in [0.15, 0.2) is 0 Å². The number of amides is 1. The van der Waals surface area contributed by atoms with Crippen LogP contribution in [0.15, 0.2) is 18.2 Å². The molecule has 1 saturated heterocycles. The summed E-state index contributed by atoms with van der Waals surface area (Å²) in [7, 11) is 0. The maximum absolute atomic E-state index is 12.7. The van der Waals surface area contributed by atoms with Gasteiger partial charge in [0.25, 0.3) is 5.91 Å². The van der Waals surface area contributed by atoms with Gasteiger partial charge in [-0.2, -0.15) is 11.8 Å². The molecule has 20 heavy (non-hydrogen) atoms. The average Bonchev–Trinajstić information content (AvgIpc) is 2.76. The Labute approximate surface area is 131 Å². The molecule has 6 heteroatoms. The van der Waals surface area contributed by atoms with E-state index in [1.807, 2.05) is 28.8 Å². The van der Waals surface area contributed by atoms with Crippen molar-refractivity contribution < 1.29 is 4.79 Å². The van der Waals surface area contributed by atoms with Gasteiger partial charge in [-0.25, -0.2) is 0 Å². The summed E-state index contributed by atoms with van der Waals surface area (Å²) in [6.07, 6.45) is 0. The number of halogens is 1. The zero-order valence-electron chi connectivity index (χ0n) is 11.1. The Hall–Kier alpha value is -0.910. The van der Waals surface area contributed by atoms with E-state index < -0.39 is 0 Å². The molecule has 2 heterocycles. The third-order valence-electron chi connectivity index (χ3n) is 3.42. The van der Waals surface area contributed by atoms with E-state index in [0.29, 0.717) is 20.8 Å². The summed E-state index contributed by atoms with van der Waals surface area (Å²) >= 11 is 9.52. The smallest absolute Gasteiger partial charge is 0.266 e. The molecule has 0 bridgehead atoms. The van der Waals surface area contributed by atoms with Crippen LogP contribution in [0.25, 0.3) is 10.1 Å². The molecule has 1 fully saturated rings. The van der Waals surface area contributed by atoms with Crippen LogP contribution in [-0.2, 0) is 0 Å². The molecule has 2 aromatic rings. The summed E-state index contributed by atoms with van der Waals surface area (Å²) < 4.78 is 0.970. The van der Waals surface area contributed by atoms with Crippen LogP contribution in [0.1, 0.15) is 16.6 Å². The second kappa shape index (κ2) is 5.47. The van der Waals surface area contributed by atoms with Gasteiger partial charge < -0.3 is 10.6 Å². The van der Waals surface area contributed by atoms with Crippen LogP contribution in [0.5, 0.6) is 0 Å². The predicted molar refractivity (Wildman–Crippen MR) is 89.1 cm³/mol. The highest BCUT2D eigenvalue weighted by atomic mass is 35.5. The van der Waals surface area contributed by atoms with E-state index in [0.717, 1.165) is 28.9 Å². The van der Waals surface area contributed by atoms with Crippen molar-refractivity contribution in [3.05, 3.63) is 28.1 Å². The van der Waals surface area contributed by atoms with Gasteiger partial charge in [0, 0.05) is 34.2 Å². The van der Waals surface area contributed by atoms with Gasteiger partial charge in [0.05, 0.1) is 10.7 Å². The molecule has 1 aliphatic heterocycles. The molecule has 1 aliphatic rings. The molecule has 3 nitrogen and oxygen atoms in total. The lowest BCUT2D eigenvalue weighted by molar-refractivity contribution is 0.0769. The van der Waals surface area contributed by atoms with E-state index in [2.05, 4.69) is 6.92 Å². The number of fused-ring (bicyclic) bond motifs is 1. The molecule has 1 atom stereocenters. The molecule has 0 saturated carbocycles. The van der Waals surface area contributed by atoms with Crippen LogP contribution in [0, 0.1) is 0 Å². The summed E-state index contributed by atoms with van der Waals surface area (Å²) in [6.45, 7) is 3.72. The fourth-order valence-corrected chi connectivity index (χ4v) is 4.90. The Kier molecular flexibility index (Phi) is 3.84. The third-order valence-corrected chi connectivity index (χ3v) is 6.03. The number of rotatable bonds is 1. The molecule has 1 aromatic carbocycles. The van der Waals surface area contributed by atoms with Crippen LogP contribution in [0.3, 0.4) is 0 Å². The van der Waals surface area contributed by atoms with E-state index in [9.17, 15) is 4.79 Å². The Morgan fingerprint density at radius 2 is 2.30 bits per heavy atom. The van der Waals surface area contributed by atoms with Crippen LogP contribution in [-0.4, -0.2) is 34.9 Å². The Bertz CT molecular complexity index is 670. The highest BCUT2D eigenvalue weighted by molar-refractivity contribution is 7.99. The summed E-state index contributed by atoms with van der Waals surface area (Å²) in [6, 6.07) is 5.64. The highest BCUT2D eigenvalue weighted by Crippen LogP contribution is 2.38. The number of nitrogen functional groups attached to an aromatic ring is 1. The van der Waals surface area contributed by atoms with Crippen molar-refractivity contribution >= 4 is 56.4 Å². The molecular weight excluding hydrogens is 312 g/mol. The lowest BCUT2D eigenvalue weighted by Gasteiger charge is -2.30. The molecule has 0 radical (unpaired) electrons. The first-order valence-corrected chi connectivity index (χ1v) is 8.69. The normalized spacial score (nSPS) is 19.5. The molecule has 3 rings (SSSR count). The number of hydrogen-bond donors (Lipinski definition) is 1. The molecule has 2 N–H and O–H groups in total. The first kappa shape index (κ1) is 14.0. The third kappa shape index (κ3) is 2.38. The standard InChI is InChI=1S/C14H15ClN2OS2/c1-8-7-17(5-6-19-8)14(18)13-12(16)11-9(15)3-2-4-10(11)20-13/h2-4,8H,5-7,16H2,1H3. The van der Waals surface area contributed by atoms with Gasteiger partial charge in [0.2, 0.25) is 0 Å². The van der Waals surface area contributed by atoms with Crippen molar-refractivity contribution in [2.24, 2.45) is 0 Å². The van der Waals surface area contributed by atoms with Gasteiger partial charge >= 0.3 is 0 Å². The van der Waals surface area contributed by atoms with Crippen molar-refractivity contribution in [1.29, 1.82) is 0 Å². The van der Waals surface area contributed by atoms with Crippen molar-refractivity contribution in [1.82, 2.24) is 4.90 Å². The number of benzene rings is 1. The number of anilines is 1. The Morgan fingerprint density at radius 3 is 3.00 bits per heavy atom. The van der Waals surface area contributed by atoms with Gasteiger partial charge in [-0.15, -0.1) is 11.3 Å². The maximum atomic E-state index is 12.7. The predicted octanol–water partition coefficient (Wildman–Crippen LogP) is 3.71. The van der Waals surface area contributed by atoms with E-state index in [1.54, 1.807) is 6.07 Å². The largest absolute Gasteiger partial charge is 0.397 e. The summed E-state index contributed by atoms with van der Waals surface area (Å²) in [4.78, 5) is 15.2. The first-order chi connectivity index (χ1) is 9.58. The first-order valence-electron chi connectivity index (χ1n) is 6.45. The molecule has 0 aliphatic carbocycles. The van der Waals surface area contributed by atoms with E-state index in [-0.39, 0.29) is 5.91 Å². The topological polar surface area (TPSA) is 46.3 Å². The summed E-state index contributed by atoms with van der Waals surface area (Å²) in [5.41, 5.74) is 6.68. The van der Waals surface area contributed by atoms with Crippen LogP contribution < -0.4 is 5.73 Å². The number of hydrogen-bond acceptors (Lipinski definition) is 4. The molecular formula is C14H15ClN2OS2. The van der Waals surface area contributed by atoms with E-state index in [1.165, 1.54) is 11.3 Å². The van der Waals surface area contributed by atoms with Gasteiger partial charge in [0.1, 0.15) is 4.88 Å². The Morgan fingerprint density at radius 1 is 1.50 bits per heavy atom. The number of carbonyl (C=O) groups is 1. The zero-order chi connectivity index (χ0) is 14.3. The minimum Gasteiger partial charge on any atom is -0.397 e. The van der Waals surface area contributed by atoms with E-state index >= 15 is 0 Å². The second-order valence-electron chi connectivity index (χ2n) is 4.89. The Balaban J connectivity index is 1.99. The fraction of sp³-hybridized carbons (Fsp3) is 0.357. The highest BCUT2D eigenvalue weighted by Gasteiger charge is 2.26. The van der Waals surface area contributed by atoms with Crippen LogP contribution >= 0.6 is 34.7 Å². The molecule has 1 amide bonds. The summed E-state index contributed by atoms with van der Waals surface area (Å²) in [5, 5.41) is 1.90. The van der Waals surface area contributed by atoms with Crippen LogP contribution in [0.2, 0.25) is 5.02 Å². The molecule has 106 valence electrons. The minimum absolute atomic E-state index is 0.0342. The number of thioether (sulfide) groups is 1. The maximum Gasteiger partial charge on any atom is 0.266 e. The monoisotopic (exact) mass is 326 g/mol. The average molecular weight is 327 g/mol. The van der Waals surface area contributed by atoms with Crippen LogP contribution in [0.4, 0.5) is 5.69 Å². The number of nitrogens with zero attached hydrogens (tertiary/aromatic N) is 1. The van der Waals surface area contributed by atoms with E-state index in [4.69, 9.17) is 17.3 Å². The number of thiophene rings is 1. The fourth-order valence-electron chi connectivity index (χ4n) is 2.43. The quantitative estimate of drug-likeness (QED) is 0.869. The lowest BCUT2D eigenvalue weighted by atomic mass is 10.2. The van der Waals surface area contributed by atoms with Gasteiger partial charge in [-0.05, 0) is 12.1 Å². The van der Waals surface area contributed by atoms with Gasteiger partial charge in [-0.3, -0.25) is 4.79 Å². The SMILES string of the molecule is CC1CN(C(=O)c2sc3cccc(Cl)c3c2N)CCS1. The molecule has 0 spiro atoms. The lowest BCUT2D eigenvalue weighted by Crippen LogP contribution is -2.40. The van der Waals surface area contributed by atoms with Crippen molar-refractivity contribution in [2.75, 3.05) is 24.6 Å². The van der Waals surface area contributed by atoms with Crippen molar-refractivity contribution in [3.8, 4) is 0 Å². The zero-order valence-corrected chi connectivity index (χ0v) is 13.4.